The van der Waals surface area contributed by atoms with Crippen LogP contribution in [0.1, 0.15) is 18.1 Å². The summed E-state index contributed by atoms with van der Waals surface area (Å²) in [6.45, 7) is 5.25. The lowest BCUT2D eigenvalue weighted by molar-refractivity contribution is 0.565. The average molecular weight is 238 g/mol. The molecule has 0 spiro atoms. The van der Waals surface area contributed by atoms with E-state index in [2.05, 4.69) is 73.0 Å². The Balaban J connectivity index is 1.97. The van der Waals surface area contributed by atoms with Crippen molar-refractivity contribution in [1.29, 1.82) is 0 Å². The Hall–Kier alpha value is -1.96. The van der Waals surface area contributed by atoms with Crippen molar-refractivity contribution in [3.05, 3.63) is 59.7 Å². The molecule has 1 aliphatic rings. The largest absolute Gasteiger partial charge is 0.381 e. The molecule has 1 unspecified atom stereocenters. The zero-order valence-corrected chi connectivity index (χ0v) is 10.8. The molecule has 2 heteroatoms. The third-order valence-electron chi connectivity index (χ3n) is 3.63. The summed E-state index contributed by atoms with van der Waals surface area (Å²) in [5, 5.41) is 7.18. The summed E-state index contributed by atoms with van der Waals surface area (Å²) in [6, 6.07) is 17.1. The summed E-state index contributed by atoms with van der Waals surface area (Å²) in [6.07, 6.45) is 0. The Labute approximate surface area is 108 Å². The van der Waals surface area contributed by atoms with Crippen LogP contribution in [0.3, 0.4) is 0 Å². The topological polar surface area (TPSA) is 24.1 Å². The Bertz CT molecular complexity index is 563. The van der Waals surface area contributed by atoms with Crippen LogP contribution in [0.4, 0.5) is 11.4 Å². The molecule has 0 aliphatic carbocycles. The fraction of sp³-hybridized carbons (Fsp3) is 0.250. The van der Waals surface area contributed by atoms with Crippen molar-refractivity contribution in [2.45, 2.75) is 19.4 Å². The Morgan fingerprint density at radius 3 is 2.56 bits per heavy atom. The minimum absolute atomic E-state index is 0.0521. The lowest BCUT2D eigenvalue weighted by Gasteiger charge is -2.38. The van der Waals surface area contributed by atoms with Crippen molar-refractivity contribution in [2.24, 2.45) is 0 Å². The van der Waals surface area contributed by atoms with E-state index in [1.807, 2.05) is 0 Å². The summed E-state index contributed by atoms with van der Waals surface area (Å²) >= 11 is 0. The van der Waals surface area contributed by atoms with E-state index in [1.54, 1.807) is 0 Å². The maximum Gasteiger partial charge on any atom is 0.0770 e. The molecule has 0 radical (unpaired) electrons. The molecule has 1 heterocycles. The van der Waals surface area contributed by atoms with Gasteiger partial charge in [-0.25, -0.2) is 0 Å². The molecular formula is C16H18N2. The minimum atomic E-state index is -0.0521. The summed E-state index contributed by atoms with van der Waals surface area (Å²) in [4.78, 5) is 0. The first-order chi connectivity index (χ1) is 8.67. The van der Waals surface area contributed by atoms with E-state index in [1.165, 1.54) is 22.5 Å². The second-order valence-corrected chi connectivity index (χ2v) is 5.23. The number of rotatable bonds is 1. The lowest BCUT2D eigenvalue weighted by Crippen LogP contribution is -2.42. The van der Waals surface area contributed by atoms with Gasteiger partial charge >= 0.3 is 0 Å². The maximum absolute atomic E-state index is 3.65. The van der Waals surface area contributed by atoms with Gasteiger partial charge in [-0.15, -0.1) is 0 Å². The van der Waals surface area contributed by atoms with Gasteiger partial charge in [0.05, 0.1) is 16.9 Å². The molecule has 0 aromatic heterocycles. The van der Waals surface area contributed by atoms with Crippen molar-refractivity contribution < 1.29 is 0 Å². The number of hydrogen-bond donors (Lipinski definition) is 2. The lowest BCUT2D eigenvalue weighted by atomic mass is 9.89. The fourth-order valence-electron chi connectivity index (χ4n) is 2.51. The number of aryl methyl sites for hydroxylation is 1. The highest BCUT2D eigenvalue weighted by Gasteiger charge is 2.30. The van der Waals surface area contributed by atoms with Gasteiger partial charge in [-0.1, -0.05) is 36.4 Å². The van der Waals surface area contributed by atoms with Crippen LogP contribution in [-0.4, -0.2) is 6.54 Å². The van der Waals surface area contributed by atoms with Crippen molar-refractivity contribution in [2.75, 3.05) is 17.2 Å². The molecule has 2 N–H and O–H groups in total. The molecule has 2 aromatic rings. The zero-order valence-electron chi connectivity index (χ0n) is 10.8. The molecule has 2 aromatic carbocycles. The number of nitrogens with one attached hydrogen (secondary N) is 2. The molecule has 18 heavy (non-hydrogen) atoms. The summed E-state index contributed by atoms with van der Waals surface area (Å²) < 4.78 is 0. The maximum atomic E-state index is 3.65. The SMILES string of the molecule is Cc1ccc2c(c1)NCC(C)(c1ccccc1)N2. The Kier molecular flexibility index (Phi) is 2.51. The third-order valence-corrected chi connectivity index (χ3v) is 3.63. The predicted octanol–water partition coefficient (Wildman–Crippen LogP) is 3.75. The molecular weight excluding hydrogens is 220 g/mol. The van der Waals surface area contributed by atoms with Gasteiger partial charge in [-0.2, -0.15) is 0 Å². The quantitative estimate of drug-likeness (QED) is 0.790. The fourth-order valence-corrected chi connectivity index (χ4v) is 2.51. The van der Waals surface area contributed by atoms with Gasteiger partial charge in [0.15, 0.2) is 0 Å². The minimum Gasteiger partial charge on any atom is -0.381 e. The summed E-state index contributed by atoms with van der Waals surface area (Å²) in [7, 11) is 0. The molecule has 0 amide bonds. The molecule has 0 fully saturated rings. The molecule has 1 aliphatic heterocycles. The normalized spacial score (nSPS) is 21.7. The smallest absolute Gasteiger partial charge is 0.0770 e. The van der Waals surface area contributed by atoms with E-state index in [0.717, 1.165) is 6.54 Å². The van der Waals surface area contributed by atoms with E-state index in [0.29, 0.717) is 0 Å². The third kappa shape index (κ3) is 1.84. The van der Waals surface area contributed by atoms with Gasteiger partial charge in [-0.05, 0) is 37.1 Å². The monoisotopic (exact) mass is 238 g/mol. The van der Waals surface area contributed by atoms with Crippen molar-refractivity contribution in [1.82, 2.24) is 0 Å². The van der Waals surface area contributed by atoms with Gasteiger partial charge < -0.3 is 10.6 Å². The van der Waals surface area contributed by atoms with E-state index in [-0.39, 0.29) is 5.54 Å². The van der Waals surface area contributed by atoms with Gasteiger partial charge in [0.25, 0.3) is 0 Å². The first kappa shape index (κ1) is 11.1. The molecule has 1 atom stereocenters. The molecule has 0 saturated carbocycles. The van der Waals surface area contributed by atoms with Crippen LogP contribution >= 0.6 is 0 Å². The number of benzene rings is 2. The number of hydrogen-bond acceptors (Lipinski definition) is 2. The second-order valence-electron chi connectivity index (χ2n) is 5.23. The van der Waals surface area contributed by atoms with Crippen molar-refractivity contribution in [3.63, 3.8) is 0 Å². The summed E-state index contributed by atoms with van der Waals surface area (Å²) in [5.74, 6) is 0. The van der Waals surface area contributed by atoms with Crippen LogP contribution in [0.5, 0.6) is 0 Å². The van der Waals surface area contributed by atoms with Gasteiger partial charge in [0, 0.05) is 6.54 Å². The van der Waals surface area contributed by atoms with E-state index in [4.69, 9.17) is 0 Å². The Morgan fingerprint density at radius 1 is 1.00 bits per heavy atom. The second kappa shape index (κ2) is 4.05. The molecule has 0 bridgehead atoms. The standard InChI is InChI=1S/C16H18N2/c1-12-8-9-14-15(10-12)17-11-16(2,18-14)13-6-4-3-5-7-13/h3-10,17-18H,11H2,1-2H3. The first-order valence-electron chi connectivity index (χ1n) is 6.36. The van der Waals surface area contributed by atoms with Crippen LogP contribution in [0, 0.1) is 6.92 Å². The van der Waals surface area contributed by atoms with Gasteiger partial charge in [-0.3, -0.25) is 0 Å². The van der Waals surface area contributed by atoms with Crippen molar-refractivity contribution >= 4 is 11.4 Å². The van der Waals surface area contributed by atoms with Crippen molar-refractivity contribution in [3.8, 4) is 0 Å². The van der Waals surface area contributed by atoms with E-state index < -0.39 is 0 Å². The zero-order chi connectivity index (χ0) is 12.6. The van der Waals surface area contributed by atoms with Crippen LogP contribution in [0.25, 0.3) is 0 Å². The first-order valence-corrected chi connectivity index (χ1v) is 6.36. The Morgan fingerprint density at radius 2 is 1.78 bits per heavy atom. The van der Waals surface area contributed by atoms with E-state index in [9.17, 15) is 0 Å². The van der Waals surface area contributed by atoms with Crippen LogP contribution in [0.15, 0.2) is 48.5 Å². The van der Waals surface area contributed by atoms with Crippen LogP contribution in [-0.2, 0) is 5.54 Å². The highest BCUT2D eigenvalue weighted by atomic mass is 15.1. The number of fused-ring (bicyclic) bond motifs is 1. The highest BCUT2D eigenvalue weighted by molar-refractivity contribution is 5.73. The predicted molar refractivity (Wildman–Crippen MR) is 77.1 cm³/mol. The van der Waals surface area contributed by atoms with Gasteiger partial charge in [0.1, 0.15) is 0 Å². The molecule has 2 nitrogen and oxygen atoms in total. The van der Waals surface area contributed by atoms with Gasteiger partial charge in [0.2, 0.25) is 0 Å². The molecule has 92 valence electrons. The average Bonchev–Trinajstić information content (AvgIpc) is 2.40. The van der Waals surface area contributed by atoms with Crippen LogP contribution < -0.4 is 10.6 Å². The van der Waals surface area contributed by atoms with Crippen LogP contribution in [0.2, 0.25) is 0 Å². The number of anilines is 2. The van der Waals surface area contributed by atoms with E-state index >= 15 is 0 Å². The highest BCUT2D eigenvalue weighted by Crippen LogP contribution is 2.35. The molecule has 0 saturated heterocycles. The summed E-state index contributed by atoms with van der Waals surface area (Å²) in [5.41, 5.74) is 4.92. The molecule has 3 rings (SSSR count).